The second kappa shape index (κ2) is 6.36. The third kappa shape index (κ3) is 2.84. The number of aromatic nitrogens is 4. The number of likely N-dealkylation sites (tertiary alicyclic amines) is 1. The summed E-state index contributed by atoms with van der Waals surface area (Å²) in [6.07, 6.45) is 5.38. The largest absolute Gasteiger partial charge is 0.341 e. The lowest BCUT2D eigenvalue weighted by atomic mass is 10.2. The molecule has 1 unspecified atom stereocenters. The highest BCUT2D eigenvalue weighted by Gasteiger charge is 2.27. The number of nitrogens with one attached hydrogen (secondary N) is 1. The number of para-hydroxylation sites is 2. The third-order valence-electron chi connectivity index (χ3n) is 5.70. The van der Waals surface area contributed by atoms with Crippen LogP contribution in [0.5, 0.6) is 0 Å². The molecule has 0 bridgehead atoms. The zero-order valence-corrected chi connectivity index (χ0v) is 14.8. The second-order valence-corrected chi connectivity index (χ2v) is 7.46. The SMILES string of the molecule is O=c1cc2c(nn1CC1CCCN1Cc1nc3ccccc3[nH]1)CCC2. The average molecular weight is 349 g/mol. The molecule has 26 heavy (non-hydrogen) atoms. The van der Waals surface area contributed by atoms with Gasteiger partial charge in [-0.3, -0.25) is 9.69 Å². The Kier molecular flexibility index (Phi) is 3.85. The Morgan fingerprint density at radius 3 is 3.04 bits per heavy atom. The first-order chi connectivity index (χ1) is 12.8. The smallest absolute Gasteiger partial charge is 0.267 e. The monoisotopic (exact) mass is 349 g/mol. The summed E-state index contributed by atoms with van der Waals surface area (Å²) in [5.41, 5.74) is 4.40. The molecule has 1 aliphatic carbocycles. The van der Waals surface area contributed by atoms with Crippen LogP contribution in [0.1, 0.15) is 36.3 Å². The predicted octanol–water partition coefficient (Wildman–Crippen LogP) is 2.27. The van der Waals surface area contributed by atoms with Crippen LogP contribution in [0.25, 0.3) is 11.0 Å². The Labute approximate surface area is 151 Å². The van der Waals surface area contributed by atoms with E-state index in [2.05, 4.69) is 21.0 Å². The quantitative estimate of drug-likeness (QED) is 0.785. The van der Waals surface area contributed by atoms with Crippen molar-refractivity contribution in [1.82, 2.24) is 24.6 Å². The van der Waals surface area contributed by atoms with Gasteiger partial charge in [0, 0.05) is 12.1 Å². The number of nitrogens with zero attached hydrogens (tertiary/aromatic N) is 4. The molecule has 3 aromatic rings. The highest BCUT2D eigenvalue weighted by molar-refractivity contribution is 5.74. The molecule has 0 saturated carbocycles. The van der Waals surface area contributed by atoms with E-state index < -0.39 is 0 Å². The molecule has 2 aromatic heterocycles. The van der Waals surface area contributed by atoms with Crippen molar-refractivity contribution >= 4 is 11.0 Å². The number of hydrogen-bond acceptors (Lipinski definition) is 4. The number of fused-ring (bicyclic) bond motifs is 2. The molecule has 1 saturated heterocycles. The molecule has 1 fully saturated rings. The van der Waals surface area contributed by atoms with E-state index in [1.807, 2.05) is 18.2 Å². The zero-order chi connectivity index (χ0) is 17.5. The molecule has 134 valence electrons. The van der Waals surface area contributed by atoms with Crippen LogP contribution in [0.3, 0.4) is 0 Å². The first-order valence-electron chi connectivity index (χ1n) is 9.54. The summed E-state index contributed by atoms with van der Waals surface area (Å²) in [5.74, 6) is 0.993. The van der Waals surface area contributed by atoms with Gasteiger partial charge in [0.05, 0.1) is 29.8 Å². The molecule has 5 rings (SSSR count). The maximum atomic E-state index is 12.4. The van der Waals surface area contributed by atoms with Crippen LogP contribution in [0.15, 0.2) is 35.1 Å². The fourth-order valence-electron chi connectivity index (χ4n) is 4.35. The van der Waals surface area contributed by atoms with Gasteiger partial charge >= 0.3 is 0 Å². The summed E-state index contributed by atoms with van der Waals surface area (Å²) >= 11 is 0. The number of hydrogen-bond donors (Lipinski definition) is 1. The van der Waals surface area contributed by atoms with Crippen molar-refractivity contribution in [3.8, 4) is 0 Å². The Balaban J connectivity index is 1.35. The van der Waals surface area contributed by atoms with Crippen molar-refractivity contribution in [3.63, 3.8) is 0 Å². The van der Waals surface area contributed by atoms with Gasteiger partial charge in [-0.1, -0.05) is 12.1 Å². The molecule has 0 amide bonds. The number of imidazole rings is 1. The van der Waals surface area contributed by atoms with Gasteiger partial charge < -0.3 is 4.98 Å². The Hall–Kier alpha value is -2.47. The summed E-state index contributed by atoms with van der Waals surface area (Å²) in [6, 6.07) is 10.3. The lowest BCUT2D eigenvalue weighted by molar-refractivity contribution is 0.212. The predicted molar refractivity (Wildman–Crippen MR) is 100 cm³/mol. The van der Waals surface area contributed by atoms with Gasteiger partial charge in [-0.05, 0) is 56.3 Å². The molecule has 0 radical (unpaired) electrons. The molecule has 1 aliphatic heterocycles. The maximum Gasteiger partial charge on any atom is 0.267 e. The van der Waals surface area contributed by atoms with Crippen molar-refractivity contribution in [2.45, 2.75) is 51.2 Å². The fourth-order valence-corrected chi connectivity index (χ4v) is 4.35. The summed E-state index contributed by atoms with van der Waals surface area (Å²) in [6.45, 7) is 2.51. The van der Waals surface area contributed by atoms with E-state index in [1.54, 1.807) is 10.7 Å². The van der Waals surface area contributed by atoms with Crippen LogP contribution in [-0.4, -0.2) is 37.2 Å². The first kappa shape index (κ1) is 15.8. The molecular weight excluding hydrogens is 326 g/mol. The van der Waals surface area contributed by atoms with E-state index in [1.165, 1.54) is 0 Å². The minimum Gasteiger partial charge on any atom is -0.341 e. The third-order valence-corrected chi connectivity index (χ3v) is 5.70. The summed E-state index contributed by atoms with van der Waals surface area (Å²) in [7, 11) is 0. The van der Waals surface area contributed by atoms with Gasteiger partial charge in [0.1, 0.15) is 5.82 Å². The van der Waals surface area contributed by atoms with Gasteiger partial charge in [0.25, 0.3) is 5.56 Å². The molecule has 3 heterocycles. The van der Waals surface area contributed by atoms with Crippen LogP contribution in [0.2, 0.25) is 0 Å². The molecule has 1 aromatic carbocycles. The highest BCUT2D eigenvalue weighted by Crippen LogP contribution is 2.22. The molecule has 0 spiro atoms. The molecule has 1 atom stereocenters. The van der Waals surface area contributed by atoms with Crippen LogP contribution < -0.4 is 5.56 Å². The van der Waals surface area contributed by atoms with Crippen molar-refractivity contribution in [2.75, 3.05) is 6.54 Å². The van der Waals surface area contributed by atoms with E-state index >= 15 is 0 Å². The lowest BCUT2D eigenvalue weighted by Gasteiger charge is -2.23. The van der Waals surface area contributed by atoms with Gasteiger partial charge in [0.2, 0.25) is 0 Å². The number of benzene rings is 1. The number of aryl methyl sites for hydroxylation is 2. The standard InChI is InChI=1S/C20H23N5O/c26-20-11-14-5-3-9-16(14)23-25(20)12-15-6-4-10-24(15)13-19-21-17-7-1-2-8-18(17)22-19/h1-2,7-8,11,15H,3-6,9-10,12-13H2,(H,21,22). The van der Waals surface area contributed by atoms with Gasteiger partial charge in [0.15, 0.2) is 0 Å². The van der Waals surface area contributed by atoms with E-state index in [-0.39, 0.29) is 5.56 Å². The van der Waals surface area contributed by atoms with Gasteiger partial charge in [-0.15, -0.1) is 0 Å². The lowest BCUT2D eigenvalue weighted by Crippen LogP contribution is -2.37. The van der Waals surface area contributed by atoms with Crippen LogP contribution in [-0.2, 0) is 25.9 Å². The summed E-state index contributed by atoms with van der Waals surface area (Å²) in [4.78, 5) is 23.0. The second-order valence-electron chi connectivity index (χ2n) is 7.46. The fraction of sp³-hybridized carbons (Fsp3) is 0.450. The normalized spacial score (nSPS) is 20.1. The van der Waals surface area contributed by atoms with Crippen LogP contribution in [0.4, 0.5) is 0 Å². The molecular formula is C20H23N5O. The first-order valence-corrected chi connectivity index (χ1v) is 9.54. The molecule has 6 heteroatoms. The average Bonchev–Trinajstić information content (AvgIpc) is 3.35. The minimum absolute atomic E-state index is 0.0428. The number of H-pyrrole nitrogens is 1. The van der Waals surface area contributed by atoms with Gasteiger partial charge in [-0.25, -0.2) is 9.67 Å². The Bertz CT molecular complexity index is 972. The molecule has 1 N–H and O–H groups in total. The molecule has 6 nitrogen and oxygen atoms in total. The van der Waals surface area contributed by atoms with E-state index in [4.69, 9.17) is 4.98 Å². The van der Waals surface area contributed by atoms with E-state index in [0.717, 1.165) is 73.3 Å². The van der Waals surface area contributed by atoms with E-state index in [9.17, 15) is 4.79 Å². The van der Waals surface area contributed by atoms with Crippen molar-refractivity contribution in [3.05, 3.63) is 57.8 Å². The van der Waals surface area contributed by atoms with E-state index in [0.29, 0.717) is 12.6 Å². The van der Waals surface area contributed by atoms with Crippen molar-refractivity contribution < 1.29 is 0 Å². The number of rotatable bonds is 4. The van der Waals surface area contributed by atoms with Crippen LogP contribution in [0, 0.1) is 0 Å². The zero-order valence-electron chi connectivity index (χ0n) is 14.8. The van der Waals surface area contributed by atoms with Crippen molar-refractivity contribution in [2.24, 2.45) is 0 Å². The highest BCUT2D eigenvalue weighted by atomic mass is 16.1. The summed E-state index contributed by atoms with van der Waals surface area (Å²) in [5, 5.41) is 4.65. The van der Waals surface area contributed by atoms with Crippen molar-refractivity contribution in [1.29, 1.82) is 0 Å². The van der Waals surface area contributed by atoms with Crippen LogP contribution >= 0.6 is 0 Å². The van der Waals surface area contributed by atoms with Gasteiger partial charge in [-0.2, -0.15) is 5.10 Å². The Morgan fingerprint density at radius 1 is 1.19 bits per heavy atom. The minimum atomic E-state index is 0.0428. The maximum absolute atomic E-state index is 12.4. The summed E-state index contributed by atoms with van der Waals surface area (Å²) < 4.78 is 1.69. The Morgan fingerprint density at radius 2 is 2.12 bits per heavy atom. The topological polar surface area (TPSA) is 66.8 Å². The number of aromatic amines is 1. The molecule has 2 aliphatic rings.